The predicted octanol–water partition coefficient (Wildman–Crippen LogP) is 6.24. The second kappa shape index (κ2) is 10.6. The average molecular weight is 467 g/mol. The molecule has 0 radical (unpaired) electrons. The lowest BCUT2D eigenvalue weighted by Crippen LogP contribution is -2.67. The van der Waals surface area contributed by atoms with Crippen molar-refractivity contribution >= 4 is 24.7 Å². The second-order valence-electron chi connectivity index (χ2n) is 11.5. The molecule has 0 saturated heterocycles. The van der Waals surface area contributed by atoms with Crippen LogP contribution in [0.4, 0.5) is 0 Å². The SMILES string of the molecule is CC(C)(C)OC(=O)CCC1CCC(O[Si](c2ccccc2)(c2ccccc2)C(C)(C)C)CC1. The van der Waals surface area contributed by atoms with Crippen LogP contribution in [0.5, 0.6) is 0 Å². The van der Waals surface area contributed by atoms with Gasteiger partial charge in [-0.3, -0.25) is 4.79 Å². The first-order valence-electron chi connectivity index (χ1n) is 12.5. The van der Waals surface area contributed by atoms with Crippen LogP contribution in [0, 0.1) is 5.92 Å². The van der Waals surface area contributed by atoms with Crippen molar-refractivity contribution in [3.63, 3.8) is 0 Å². The van der Waals surface area contributed by atoms with Crippen LogP contribution >= 0.6 is 0 Å². The van der Waals surface area contributed by atoms with Crippen molar-refractivity contribution in [2.24, 2.45) is 5.92 Å². The van der Waals surface area contributed by atoms with E-state index in [0.717, 1.165) is 32.1 Å². The van der Waals surface area contributed by atoms with Gasteiger partial charge in [0.05, 0.1) is 0 Å². The van der Waals surface area contributed by atoms with Crippen LogP contribution in [0.25, 0.3) is 0 Å². The maximum atomic E-state index is 12.1. The van der Waals surface area contributed by atoms with Crippen LogP contribution in [-0.4, -0.2) is 26.0 Å². The lowest BCUT2D eigenvalue weighted by atomic mass is 9.84. The van der Waals surface area contributed by atoms with Gasteiger partial charge in [0.1, 0.15) is 5.60 Å². The van der Waals surface area contributed by atoms with Crippen LogP contribution in [0.2, 0.25) is 5.04 Å². The van der Waals surface area contributed by atoms with Crippen LogP contribution in [0.15, 0.2) is 60.7 Å². The number of esters is 1. The average Bonchev–Trinajstić information content (AvgIpc) is 2.76. The Bertz CT molecular complexity index is 833. The molecule has 2 aromatic carbocycles. The fourth-order valence-electron chi connectivity index (χ4n) is 5.19. The van der Waals surface area contributed by atoms with Gasteiger partial charge in [-0.25, -0.2) is 0 Å². The van der Waals surface area contributed by atoms with Gasteiger partial charge in [0, 0.05) is 12.5 Å². The monoisotopic (exact) mass is 466 g/mol. The Kier molecular flexibility index (Phi) is 8.23. The first-order chi connectivity index (χ1) is 15.5. The number of ether oxygens (including phenoxy) is 1. The molecular weight excluding hydrogens is 424 g/mol. The fraction of sp³-hybridized carbons (Fsp3) is 0.552. The van der Waals surface area contributed by atoms with Crippen molar-refractivity contribution in [1.29, 1.82) is 0 Å². The molecule has 0 aliphatic heterocycles. The van der Waals surface area contributed by atoms with Gasteiger partial charge >= 0.3 is 5.97 Å². The summed E-state index contributed by atoms with van der Waals surface area (Å²) in [5.74, 6) is 0.504. The van der Waals surface area contributed by atoms with E-state index in [9.17, 15) is 4.79 Å². The summed E-state index contributed by atoms with van der Waals surface area (Å²) in [4.78, 5) is 12.1. The van der Waals surface area contributed by atoms with Crippen molar-refractivity contribution in [2.45, 2.75) is 96.8 Å². The molecule has 0 aromatic heterocycles. The second-order valence-corrected chi connectivity index (χ2v) is 15.8. The van der Waals surface area contributed by atoms with E-state index in [1.165, 1.54) is 10.4 Å². The molecule has 0 N–H and O–H groups in total. The number of benzene rings is 2. The molecule has 1 aliphatic carbocycles. The third-order valence-electron chi connectivity index (χ3n) is 6.73. The van der Waals surface area contributed by atoms with E-state index in [2.05, 4.69) is 81.4 Å². The summed E-state index contributed by atoms with van der Waals surface area (Å²) < 4.78 is 12.8. The molecule has 3 rings (SSSR count). The van der Waals surface area contributed by atoms with E-state index in [1.54, 1.807) is 0 Å². The van der Waals surface area contributed by atoms with Crippen LogP contribution in [0.1, 0.15) is 80.1 Å². The summed E-state index contributed by atoms with van der Waals surface area (Å²) >= 11 is 0. The highest BCUT2D eigenvalue weighted by Gasteiger charge is 2.51. The molecule has 1 aliphatic rings. The Hall–Kier alpha value is -1.91. The molecule has 0 amide bonds. The third kappa shape index (κ3) is 6.57. The van der Waals surface area contributed by atoms with Gasteiger partial charge in [0.2, 0.25) is 0 Å². The van der Waals surface area contributed by atoms with E-state index in [4.69, 9.17) is 9.16 Å². The largest absolute Gasteiger partial charge is 0.460 e. The summed E-state index contributed by atoms with van der Waals surface area (Å²) in [6, 6.07) is 21.8. The molecule has 1 fully saturated rings. The van der Waals surface area contributed by atoms with Gasteiger partial charge in [0.15, 0.2) is 0 Å². The van der Waals surface area contributed by atoms with Gasteiger partial charge in [-0.15, -0.1) is 0 Å². The topological polar surface area (TPSA) is 35.5 Å². The zero-order valence-electron chi connectivity index (χ0n) is 21.4. The third-order valence-corrected chi connectivity index (χ3v) is 11.8. The molecule has 3 nitrogen and oxygen atoms in total. The van der Waals surface area contributed by atoms with E-state index in [1.807, 2.05) is 20.8 Å². The minimum absolute atomic E-state index is 0.00324. The molecule has 0 bridgehead atoms. The van der Waals surface area contributed by atoms with Crippen molar-refractivity contribution in [1.82, 2.24) is 0 Å². The van der Waals surface area contributed by atoms with Gasteiger partial charge < -0.3 is 9.16 Å². The molecule has 33 heavy (non-hydrogen) atoms. The van der Waals surface area contributed by atoms with Crippen molar-refractivity contribution in [2.75, 3.05) is 0 Å². The molecule has 0 spiro atoms. The first kappa shape index (κ1) is 25.7. The smallest absolute Gasteiger partial charge is 0.306 e. The fourth-order valence-corrected chi connectivity index (χ4v) is 9.94. The lowest BCUT2D eigenvalue weighted by Gasteiger charge is -2.46. The number of carbonyl (C=O) groups is 1. The van der Waals surface area contributed by atoms with Crippen LogP contribution in [-0.2, 0) is 14.0 Å². The predicted molar refractivity (Wildman–Crippen MR) is 140 cm³/mol. The molecule has 2 aromatic rings. The van der Waals surface area contributed by atoms with E-state index in [-0.39, 0.29) is 17.1 Å². The highest BCUT2D eigenvalue weighted by molar-refractivity contribution is 6.99. The van der Waals surface area contributed by atoms with Gasteiger partial charge in [-0.2, -0.15) is 0 Å². The van der Waals surface area contributed by atoms with Crippen molar-refractivity contribution in [3.8, 4) is 0 Å². The number of hydrogen-bond acceptors (Lipinski definition) is 3. The number of carbonyl (C=O) groups excluding carboxylic acids is 1. The Morgan fingerprint density at radius 2 is 1.30 bits per heavy atom. The Labute approximate surface area is 202 Å². The van der Waals surface area contributed by atoms with Crippen LogP contribution in [0.3, 0.4) is 0 Å². The molecule has 0 heterocycles. The standard InChI is InChI=1S/C29H42O3Si/c1-28(2,3)31-27(30)22-19-23-17-20-24(21-18-23)32-33(29(4,5)6,25-13-9-7-10-14-25)26-15-11-8-12-16-26/h7-16,23-24H,17-22H2,1-6H3. The molecule has 1 saturated carbocycles. The zero-order chi connectivity index (χ0) is 24.1. The Balaban J connectivity index is 1.73. The minimum Gasteiger partial charge on any atom is -0.460 e. The van der Waals surface area contributed by atoms with E-state index >= 15 is 0 Å². The van der Waals surface area contributed by atoms with Gasteiger partial charge in [-0.05, 0) is 74.2 Å². The number of rotatable bonds is 7. The normalized spacial score (nSPS) is 19.8. The van der Waals surface area contributed by atoms with E-state index < -0.39 is 13.9 Å². The molecule has 0 unspecified atom stereocenters. The molecule has 0 atom stereocenters. The highest BCUT2D eigenvalue weighted by Crippen LogP contribution is 2.40. The number of hydrogen-bond donors (Lipinski definition) is 0. The van der Waals surface area contributed by atoms with Crippen molar-refractivity contribution in [3.05, 3.63) is 60.7 Å². The maximum absolute atomic E-state index is 12.1. The van der Waals surface area contributed by atoms with Crippen molar-refractivity contribution < 1.29 is 14.0 Å². The maximum Gasteiger partial charge on any atom is 0.306 e. The van der Waals surface area contributed by atoms with Gasteiger partial charge in [0.25, 0.3) is 8.32 Å². The van der Waals surface area contributed by atoms with E-state index in [0.29, 0.717) is 12.3 Å². The Morgan fingerprint density at radius 3 is 1.73 bits per heavy atom. The highest BCUT2D eigenvalue weighted by atomic mass is 28.4. The van der Waals surface area contributed by atoms with Gasteiger partial charge in [-0.1, -0.05) is 81.4 Å². The lowest BCUT2D eigenvalue weighted by molar-refractivity contribution is -0.155. The first-order valence-corrected chi connectivity index (χ1v) is 14.4. The summed E-state index contributed by atoms with van der Waals surface area (Å²) in [7, 11) is -2.50. The summed E-state index contributed by atoms with van der Waals surface area (Å²) in [5.41, 5.74) is -0.404. The van der Waals surface area contributed by atoms with Crippen LogP contribution < -0.4 is 10.4 Å². The zero-order valence-corrected chi connectivity index (χ0v) is 22.4. The minimum atomic E-state index is -2.50. The summed E-state index contributed by atoms with van der Waals surface area (Å²) in [5, 5.41) is 2.69. The molecule has 4 heteroatoms. The molecular formula is C29H42O3Si. The quantitative estimate of drug-likeness (QED) is 0.358. The summed E-state index contributed by atoms with van der Waals surface area (Å²) in [6.45, 7) is 12.8. The summed E-state index contributed by atoms with van der Waals surface area (Å²) in [6.07, 6.45) is 6.04. The molecule has 180 valence electrons. The Morgan fingerprint density at radius 1 is 0.818 bits per heavy atom.